The van der Waals surface area contributed by atoms with Crippen LogP contribution >= 0.6 is 0 Å². The van der Waals surface area contributed by atoms with Crippen LogP contribution in [0.5, 0.6) is 11.5 Å². The maximum Gasteiger partial charge on any atom is 0.231 e. The van der Waals surface area contributed by atoms with Crippen molar-refractivity contribution in [3.63, 3.8) is 0 Å². The van der Waals surface area contributed by atoms with Crippen molar-refractivity contribution in [3.8, 4) is 11.5 Å². The number of aryl methyl sites for hydroxylation is 1. The lowest BCUT2D eigenvalue weighted by Crippen LogP contribution is -1.95. The largest absolute Gasteiger partial charge is 0.465 e. The molecule has 0 atom stereocenters. The van der Waals surface area contributed by atoms with Crippen molar-refractivity contribution in [1.29, 1.82) is 0 Å². The van der Waals surface area contributed by atoms with Crippen molar-refractivity contribution >= 4 is 0 Å². The van der Waals surface area contributed by atoms with Gasteiger partial charge in [-0.1, -0.05) is 6.07 Å². The van der Waals surface area contributed by atoms with Crippen LogP contribution in [0.3, 0.4) is 0 Å². The SMILES string of the molecule is Cc1oc(CN)cc1COCc1ccc2c(c1)OCO2. The number of rotatable bonds is 5. The van der Waals surface area contributed by atoms with Crippen LogP contribution in [-0.2, 0) is 24.5 Å². The van der Waals surface area contributed by atoms with Gasteiger partial charge in [-0.2, -0.15) is 0 Å². The minimum atomic E-state index is 0.287. The fraction of sp³-hybridized carbons (Fsp3) is 0.333. The second-order valence-corrected chi connectivity index (χ2v) is 4.68. The lowest BCUT2D eigenvalue weighted by molar-refractivity contribution is 0.106. The molecule has 1 aromatic carbocycles. The fourth-order valence-electron chi connectivity index (χ4n) is 2.14. The summed E-state index contributed by atoms with van der Waals surface area (Å²) >= 11 is 0. The molecule has 2 heterocycles. The number of hydrogen-bond acceptors (Lipinski definition) is 5. The van der Waals surface area contributed by atoms with Crippen molar-refractivity contribution in [2.24, 2.45) is 5.73 Å². The first-order valence-corrected chi connectivity index (χ1v) is 6.51. The Morgan fingerprint density at radius 2 is 2.00 bits per heavy atom. The van der Waals surface area contributed by atoms with Gasteiger partial charge in [-0.15, -0.1) is 0 Å². The Morgan fingerprint density at radius 1 is 1.15 bits per heavy atom. The van der Waals surface area contributed by atoms with Crippen molar-refractivity contribution in [2.45, 2.75) is 26.7 Å². The van der Waals surface area contributed by atoms with Crippen molar-refractivity contribution in [1.82, 2.24) is 0 Å². The van der Waals surface area contributed by atoms with Crippen LogP contribution in [0.2, 0.25) is 0 Å². The standard InChI is InChI=1S/C15H17NO4/c1-10-12(5-13(6-16)20-10)8-17-7-11-2-3-14-15(4-11)19-9-18-14/h2-5H,6-9,16H2,1H3. The predicted octanol–water partition coefficient (Wildman–Crippen LogP) is 2.49. The topological polar surface area (TPSA) is 66.9 Å². The summed E-state index contributed by atoms with van der Waals surface area (Å²) < 4.78 is 21.8. The summed E-state index contributed by atoms with van der Waals surface area (Å²) in [5.74, 6) is 3.20. The number of furan rings is 1. The Kier molecular flexibility index (Phi) is 3.62. The molecular formula is C15H17NO4. The van der Waals surface area contributed by atoms with E-state index in [9.17, 15) is 0 Å². The Hall–Kier alpha value is -1.98. The molecule has 106 valence electrons. The second-order valence-electron chi connectivity index (χ2n) is 4.68. The first-order valence-electron chi connectivity index (χ1n) is 6.51. The molecule has 0 saturated carbocycles. The molecule has 1 aliphatic rings. The molecule has 5 heteroatoms. The van der Waals surface area contributed by atoms with E-state index in [4.69, 9.17) is 24.4 Å². The Labute approximate surface area is 117 Å². The van der Waals surface area contributed by atoms with E-state index in [0.29, 0.717) is 19.8 Å². The van der Waals surface area contributed by atoms with Crippen LogP contribution in [0, 0.1) is 6.92 Å². The van der Waals surface area contributed by atoms with Gasteiger partial charge < -0.3 is 24.4 Å². The van der Waals surface area contributed by atoms with Gasteiger partial charge in [0.05, 0.1) is 19.8 Å². The molecule has 3 rings (SSSR count). The van der Waals surface area contributed by atoms with Gasteiger partial charge in [0.2, 0.25) is 6.79 Å². The highest BCUT2D eigenvalue weighted by Crippen LogP contribution is 2.32. The number of nitrogens with two attached hydrogens (primary N) is 1. The molecule has 0 spiro atoms. The van der Waals surface area contributed by atoms with Gasteiger partial charge in [0, 0.05) is 5.56 Å². The van der Waals surface area contributed by atoms with E-state index < -0.39 is 0 Å². The van der Waals surface area contributed by atoms with Crippen molar-refractivity contribution < 1.29 is 18.6 Å². The van der Waals surface area contributed by atoms with Crippen LogP contribution in [0.25, 0.3) is 0 Å². The van der Waals surface area contributed by atoms with Crippen LogP contribution in [-0.4, -0.2) is 6.79 Å². The molecule has 0 saturated heterocycles. The van der Waals surface area contributed by atoms with Crippen LogP contribution in [0.1, 0.15) is 22.6 Å². The normalized spacial score (nSPS) is 12.9. The molecule has 0 aliphatic carbocycles. The minimum Gasteiger partial charge on any atom is -0.465 e. The van der Waals surface area contributed by atoms with Crippen LogP contribution in [0.4, 0.5) is 0 Å². The molecule has 0 radical (unpaired) electrons. The van der Waals surface area contributed by atoms with E-state index in [1.54, 1.807) is 0 Å². The van der Waals surface area contributed by atoms with Crippen molar-refractivity contribution in [3.05, 3.63) is 46.9 Å². The van der Waals surface area contributed by atoms with E-state index in [0.717, 1.165) is 34.1 Å². The van der Waals surface area contributed by atoms with E-state index in [-0.39, 0.29) is 6.79 Å². The molecule has 2 aromatic rings. The van der Waals surface area contributed by atoms with Gasteiger partial charge in [-0.25, -0.2) is 0 Å². The number of hydrogen-bond donors (Lipinski definition) is 1. The zero-order valence-electron chi connectivity index (χ0n) is 11.3. The summed E-state index contributed by atoms with van der Waals surface area (Å²) in [5, 5.41) is 0. The average Bonchev–Trinajstić information content (AvgIpc) is 3.05. The minimum absolute atomic E-state index is 0.287. The summed E-state index contributed by atoms with van der Waals surface area (Å²) in [5.41, 5.74) is 7.63. The van der Waals surface area contributed by atoms with Gasteiger partial charge in [0.25, 0.3) is 0 Å². The molecule has 0 fully saturated rings. The van der Waals surface area contributed by atoms with E-state index in [1.807, 2.05) is 31.2 Å². The maximum absolute atomic E-state index is 5.71. The third-order valence-corrected chi connectivity index (χ3v) is 3.24. The molecule has 1 aromatic heterocycles. The number of benzene rings is 1. The van der Waals surface area contributed by atoms with Gasteiger partial charge in [0.1, 0.15) is 11.5 Å². The maximum atomic E-state index is 5.71. The zero-order valence-corrected chi connectivity index (χ0v) is 11.3. The van der Waals surface area contributed by atoms with E-state index in [1.165, 1.54) is 0 Å². The van der Waals surface area contributed by atoms with Gasteiger partial charge in [-0.05, 0) is 30.7 Å². The molecule has 0 bridgehead atoms. The highest BCUT2D eigenvalue weighted by Gasteiger charge is 2.13. The summed E-state index contributed by atoms with van der Waals surface area (Å²) in [6.07, 6.45) is 0. The molecule has 20 heavy (non-hydrogen) atoms. The second kappa shape index (κ2) is 5.56. The number of ether oxygens (including phenoxy) is 3. The van der Waals surface area contributed by atoms with Gasteiger partial charge in [-0.3, -0.25) is 0 Å². The molecule has 0 amide bonds. The average molecular weight is 275 g/mol. The molecule has 0 unspecified atom stereocenters. The van der Waals surface area contributed by atoms with Gasteiger partial charge >= 0.3 is 0 Å². The Balaban J connectivity index is 1.58. The highest BCUT2D eigenvalue weighted by molar-refractivity contribution is 5.44. The predicted molar refractivity (Wildman–Crippen MR) is 72.4 cm³/mol. The van der Waals surface area contributed by atoms with E-state index in [2.05, 4.69) is 0 Å². The lowest BCUT2D eigenvalue weighted by Gasteiger charge is -2.04. The fourth-order valence-corrected chi connectivity index (χ4v) is 2.14. The summed E-state index contributed by atoms with van der Waals surface area (Å²) in [6.45, 7) is 3.63. The number of fused-ring (bicyclic) bond motifs is 1. The smallest absolute Gasteiger partial charge is 0.231 e. The first-order chi connectivity index (χ1) is 9.76. The van der Waals surface area contributed by atoms with Crippen LogP contribution < -0.4 is 15.2 Å². The Morgan fingerprint density at radius 3 is 2.80 bits per heavy atom. The van der Waals surface area contributed by atoms with E-state index >= 15 is 0 Å². The Bertz CT molecular complexity index is 606. The highest BCUT2D eigenvalue weighted by atomic mass is 16.7. The molecule has 5 nitrogen and oxygen atoms in total. The molecule has 1 aliphatic heterocycles. The molecular weight excluding hydrogens is 258 g/mol. The summed E-state index contributed by atoms with van der Waals surface area (Å²) in [6, 6.07) is 7.75. The third kappa shape index (κ3) is 2.64. The first kappa shape index (κ1) is 13.0. The van der Waals surface area contributed by atoms with Crippen molar-refractivity contribution in [2.75, 3.05) is 6.79 Å². The summed E-state index contributed by atoms with van der Waals surface area (Å²) in [4.78, 5) is 0. The quantitative estimate of drug-likeness (QED) is 0.908. The van der Waals surface area contributed by atoms with Gasteiger partial charge in [0.15, 0.2) is 11.5 Å². The third-order valence-electron chi connectivity index (χ3n) is 3.24. The molecule has 2 N–H and O–H groups in total. The summed E-state index contributed by atoms with van der Waals surface area (Å²) in [7, 11) is 0. The zero-order chi connectivity index (χ0) is 13.9. The lowest BCUT2D eigenvalue weighted by atomic mass is 10.2. The monoisotopic (exact) mass is 275 g/mol. The van der Waals surface area contributed by atoms with Crippen LogP contribution in [0.15, 0.2) is 28.7 Å².